The monoisotopic (exact) mass is 309 g/mol. The van der Waals surface area contributed by atoms with Gasteiger partial charge >= 0.3 is 5.97 Å². The van der Waals surface area contributed by atoms with Crippen LogP contribution in [-0.4, -0.2) is 32.3 Å². The van der Waals surface area contributed by atoms with E-state index in [1.165, 1.54) is 0 Å². The lowest BCUT2D eigenvalue weighted by Gasteiger charge is -2.29. The van der Waals surface area contributed by atoms with Crippen molar-refractivity contribution in [3.05, 3.63) is 23.8 Å². The maximum Gasteiger partial charge on any atom is 0.322 e. The fraction of sp³-hybridized carbons (Fsp3) is 0.588. The Morgan fingerprint density at radius 1 is 1.09 bits per heavy atom. The predicted molar refractivity (Wildman–Crippen MR) is 86.3 cm³/mol. The second-order valence-electron chi connectivity index (χ2n) is 5.81. The van der Waals surface area contributed by atoms with E-state index < -0.39 is 12.0 Å². The second kappa shape index (κ2) is 8.03. The lowest BCUT2D eigenvalue weighted by atomic mass is 9.83. The van der Waals surface area contributed by atoms with E-state index in [4.69, 9.17) is 19.9 Å². The third kappa shape index (κ3) is 4.37. The van der Waals surface area contributed by atoms with Crippen molar-refractivity contribution in [3.8, 4) is 11.5 Å². The van der Waals surface area contributed by atoms with Crippen LogP contribution in [0.4, 0.5) is 0 Å². The minimum absolute atomic E-state index is 0.00329. The molecule has 0 saturated carbocycles. The SMILES string of the molecule is COc1ccc([C@H](C(C)C)[C@H](C)OC(=O)[C@H](C)N)c(OC)c1. The van der Waals surface area contributed by atoms with E-state index in [9.17, 15) is 4.79 Å². The van der Waals surface area contributed by atoms with Crippen LogP contribution in [0.2, 0.25) is 0 Å². The molecule has 0 saturated heterocycles. The van der Waals surface area contributed by atoms with Crippen molar-refractivity contribution >= 4 is 5.97 Å². The van der Waals surface area contributed by atoms with Crippen LogP contribution in [0.3, 0.4) is 0 Å². The molecule has 0 aliphatic heterocycles. The molecular formula is C17H27NO4. The smallest absolute Gasteiger partial charge is 0.322 e. The number of nitrogens with two attached hydrogens (primary N) is 1. The fourth-order valence-corrected chi connectivity index (χ4v) is 2.61. The van der Waals surface area contributed by atoms with Crippen LogP contribution in [0.15, 0.2) is 18.2 Å². The molecule has 1 aromatic rings. The molecule has 0 aromatic heterocycles. The molecule has 0 aliphatic carbocycles. The summed E-state index contributed by atoms with van der Waals surface area (Å²) in [5.41, 5.74) is 6.57. The van der Waals surface area contributed by atoms with Crippen molar-refractivity contribution < 1.29 is 19.0 Å². The highest BCUT2D eigenvalue weighted by atomic mass is 16.5. The Hall–Kier alpha value is -1.75. The van der Waals surface area contributed by atoms with E-state index in [0.717, 1.165) is 17.1 Å². The van der Waals surface area contributed by atoms with Crippen LogP contribution in [0.1, 0.15) is 39.2 Å². The molecule has 1 rings (SSSR count). The maximum absolute atomic E-state index is 11.8. The van der Waals surface area contributed by atoms with Gasteiger partial charge in [0.05, 0.1) is 14.2 Å². The summed E-state index contributed by atoms with van der Waals surface area (Å²) in [6.45, 7) is 7.68. The average molecular weight is 309 g/mol. The molecule has 5 heteroatoms. The molecule has 2 N–H and O–H groups in total. The second-order valence-corrected chi connectivity index (χ2v) is 5.81. The minimum Gasteiger partial charge on any atom is -0.497 e. The molecule has 1 aromatic carbocycles. The summed E-state index contributed by atoms with van der Waals surface area (Å²) in [5.74, 6) is 1.32. The van der Waals surface area contributed by atoms with Gasteiger partial charge in [0, 0.05) is 17.5 Å². The maximum atomic E-state index is 11.8. The molecule has 5 nitrogen and oxygen atoms in total. The van der Waals surface area contributed by atoms with Gasteiger partial charge in [-0.1, -0.05) is 19.9 Å². The van der Waals surface area contributed by atoms with Gasteiger partial charge in [0.2, 0.25) is 0 Å². The van der Waals surface area contributed by atoms with Gasteiger partial charge in [0.15, 0.2) is 0 Å². The zero-order valence-corrected chi connectivity index (χ0v) is 14.3. The number of hydrogen-bond acceptors (Lipinski definition) is 5. The molecule has 22 heavy (non-hydrogen) atoms. The third-order valence-electron chi connectivity index (χ3n) is 3.70. The number of carbonyl (C=O) groups is 1. The number of esters is 1. The van der Waals surface area contributed by atoms with E-state index in [-0.39, 0.29) is 17.9 Å². The zero-order chi connectivity index (χ0) is 16.9. The summed E-state index contributed by atoms with van der Waals surface area (Å²) < 4.78 is 16.2. The standard InChI is InChI=1S/C17H27NO4/c1-10(2)16(12(4)22-17(19)11(3)18)14-8-7-13(20-5)9-15(14)21-6/h7-12,16H,18H2,1-6H3/t11-,12-,16+/m0/s1. The first-order chi connectivity index (χ1) is 10.3. The lowest BCUT2D eigenvalue weighted by molar-refractivity contribution is -0.151. The van der Waals surface area contributed by atoms with Gasteiger partial charge < -0.3 is 19.9 Å². The Kier molecular flexibility index (Phi) is 6.68. The topological polar surface area (TPSA) is 70.8 Å². The Labute approximate surface area is 132 Å². The Bertz CT molecular complexity index is 499. The van der Waals surface area contributed by atoms with Crippen molar-refractivity contribution in [3.63, 3.8) is 0 Å². The highest BCUT2D eigenvalue weighted by Gasteiger charge is 2.29. The molecule has 0 heterocycles. The summed E-state index contributed by atoms with van der Waals surface area (Å²) in [7, 11) is 3.23. The first-order valence-corrected chi connectivity index (χ1v) is 7.49. The molecular weight excluding hydrogens is 282 g/mol. The minimum atomic E-state index is -0.631. The van der Waals surface area contributed by atoms with Gasteiger partial charge in [-0.25, -0.2) is 0 Å². The van der Waals surface area contributed by atoms with Gasteiger partial charge in [0.1, 0.15) is 23.6 Å². The number of carbonyl (C=O) groups excluding carboxylic acids is 1. The summed E-state index contributed by atoms with van der Waals surface area (Å²) in [6.07, 6.45) is -0.305. The van der Waals surface area contributed by atoms with Gasteiger partial charge in [-0.3, -0.25) is 4.79 Å². The number of ether oxygens (including phenoxy) is 3. The molecule has 124 valence electrons. The van der Waals surface area contributed by atoms with Crippen LogP contribution in [-0.2, 0) is 9.53 Å². The number of rotatable bonds is 7. The van der Waals surface area contributed by atoms with Crippen LogP contribution < -0.4 is 15.2 Å². The third-order valence-corrected chi connectivity index (χ3v) is 3.70. The van der Waals surface area contributed by atoms with E-state index in [2.05, 4.69) is 13.8 Å². The van der Waals surface area contributed by atoms with Crippen LogP contribution in [0, 0.1) is 5.92 Å². The molecule has 0 fully saturated rings. The largest absolute Gasteiger partial charge is 0.497 e. The molecule has 3 atom stereocenters. The van der Waals surface area contributed by atoms with Gasteiger partial charge in [-0.05, 0) is 25.8 Å². The van der Waals surface area contributed by atoms with Gasteiger partial charge in [-0.2, -0.15) is 0 Å². The normalized spacial score (nSPS) is 15.1. The number of benzene rings is 1. The Morgan fingerprint density at radius 3 is 2.18 bits per heavy atom. The van der Waals surface area contributed by atoms with Crippen molar-refractivity contribution in [2.24, 2.45) is 11.7 Å². The number of hydrogen-bond donors (Lipinski definition) is 1. The first-order valence-electron chi connectivity index (χ1n) is 7.49. The highest BCUT2D eigenvalue weighted by molar-refractivity contribution is 5.75. The quantitative estimate of drug-likeness (QED) is 0.784. The molecule has 0 bridgehead atoms. The zero-order valence-electron chi connectivity index (χ0n) is 14.3. The Morgan fingerprint density at radius 2 is 1.73 bits per heavy atom. The summed E-state index contributed by atoms with van der Waals surface area (Å²) in [6, 6.07) is 5.05. The van der Waals surface area contributed by atoms with Crippen molar-refractivity contribution in [2.45, 2.75) is 45.8 Å². The van der Waals surface area contributed by atoms with Crippen molar-refractivity contribution in [1.29, 1.82) is 0 Å². The first kappa shape index (κ1) is 18.3. The van der Waals surface area contributed by atoms with Crippen molar-refractivity contribution in [1.82, 2.24) is 0 Å². The fourth-order valence-electron chi connectivity index (χ4n) is 2.61. The summed E-state index contributed by atoms with van der Waals surface area (Å²) >= 11 is 0. The highest BCUT2D eigenvalue weighted by Crippen LogP contribution is 2.37. The van der Waals surface area contributed by atoms with Crippen LogP contribution in [0.5, 0.6) is 11.5 Å². The average Bonchev–Trinajstić information content (AvgIpc) is 2.47. The molecule has 0 amide bonds. The lowest BCUT2D eigenvalue weighted by Crippen LogP contribution is -2.34. The predicted octanol–water partition coefficient (Wildman–Crippen LogP) is 2.72. The van der Waals surface area contributed by atoms with Crippen molar-refractivity contribution in [2.75, 3.05) is 14.2 Å². The van der Waals surface area contributed by atoms with Gasteiger partial charge in [0.25, 0.3) is 0 Å². The number of methoxy groups -OCH3 is 2. The molecule has 0 spiro atoms. The van der Waals surface area contributed by atoms with E-state index >= 15 is 0 Å². The van der Waals surface area contributed by atoms with E-state index in [1.54, 1.807) is 21.1 Å². The Balaban J connectivity index is 3.12. The summed E-state index contributed by atoms with van der Waals surface area (Å²) in [5, 5.41) is 0. The van der Waals surface area contributed by atoms with Crippen LogP contribution in [0.25, 0.3) is 0 Å². The molecule has 0 radical (unpaired) electrons. The van der Waals surface area contributed by atoms with Crippen LogP contribution >= 0.6 is 0 Å². The van der Waals surface area contributed by atoms with Gasteiger partial charge in [-0.15, -0.1) is 0 Å². The van der Waals surface area contributed by atoms with E-state index in [0.29, 0.717) is 0 Å². The van der Waals surface area contributed by atoms with E-state index in [1.807, 2.05) is 25.1 Å². The summed E-state index contributed by atoms with van der Waals surface area (Å²) in [4.78, 5) is 11.8. The molecule has 0 aliphatic rings. The molecule has 0 unspecified atom stereocenters.